The van der Waals surface area contributed by atoms with Gasteiger partial charge in [0.25, 0.3) is 0 Å². The van der Waals surface area contributed by atoms with Crippen LogP contribution in [0.2, 0.25) is 0 Å². The van der Waals surface area contributed by atoms with Crippen molar-refractivity contribution in [3.05, 3.63) is 0 Å². The van der Waals surface area contributed by atoms with Crippen molar-refractivity contribution in [3.63, 3.8) is 0 Å². The van der Waals surface area contributed by atoms with Crippen LogP contribution in [0.1, 0.15) is 34.1 Å². The number of thiocarbonyl (C=S) groups is 1. The summed E-state index contributed by atoms with van der Waals surface area (Å²) in [4.78, 5) is 13.9. The van der Waals surface area contributed by atoms with Gasteiger partial charge in [-0.3, -0.25) is 4.79 Å². The molecule has 3 nitrogen and oxygen atoms in total. The van der Waals surface area contributed by atoms with Crippen LogP contribution in [0.3, 0.4) is 0 Å². The minimum atomic E-state index is 0.0462. The molecule has 0 aromatic heterocycles. The van der Waals surface area contributed by atoms with Crippen LogP contribution in [0.4, 0.5) is 0 Å². The van der Waals surface area contributed by atoms with E-state index in [1.165, 1.54) is 0 Å². The van der Waals surface area contributed by atoms with Crippen LogP contribution in [0, 0.1) is 11.8 Å². The molecule has 0 spiro atoms. The van der Waals surface area contributed by atoms with Gasteiger partial charge in [0.1, 0.15) is 0 Å². The first-order valence-electron chi connectivity index (χ1n) is 5.39. The molecule has 0 fully saturated rings. The van der Waals surface area contributed by atoms with Crippen molar-refractivity contribution in [1.82, 2.24) is 4.90 Å². The van der Waals surface area contributed by atoms with Gasteiger partial charge in [-0.15, -0.1) is 0 Å². The van der Waals surface area contributed by atoms with Gasteiger partial charge in [0, 0.05) is 13.1 Å². The zero-order chi connectivity index (χ0) is 12.0. The summed E-state index contributed by atoms with van der Waals surface area (Å²) < 4.78 is 0. The summed E-state index contributed by atoms with van der Waals surface area (Å²) >= 11 is 4.75. The van der Waals surface area contributed by atoms with Crippen molar-refractivity contribution in [2.45, 2.75) is 34.1 Å². The first kappa shape index (κ1) is 14.4. The maximum absolute atomic E-state index is 11.8. The summed E-state index contributed by atoms with van der Waals surface area (Å²) in [7, 11) is 0. The number of carbonyl (C=O) groups excluding carboxylic acids is 1. The predicted molar refractivity (Wildman–Crippen MR) is 67.7 cm³/mol. The summed E-state index contributed by atoms with van der Waals surface area (Å²) in [6, 6.07) is 0. The molecule has 4 heteroatoms. The molecule has 0 aliphatic heterocycles. The molecule has 0 radical (unpaired) electrons. The first-order valence-corrected chi connectivity index (χ1v) is 5.79. The molecule has 0 saturated carbocycles. The maximum Gasteiger partial charge on any atom is 0.229 e. The molecule has 0 aromatic carbocycles. The van der Waals surface area contributed by atoms with Gasteiger partial charge in [0.05, 0.1) is 11.4 Å². The predicted octanol–water partition coefficient (Wildman–Crippen LogP) is 1.80. The average Bonchev–Trinajstić information content (AvgIpc) is 1.99. The third-order valence-corrected chi connectivity index (χ3v) is 1.99. The second-order valence-electron chi connectivity index (χ2n) is 4.73. The Balaban J connectivity index is 4.33. The lowest BCUT2D eigenvalue weighted by molar-refractivity contribution is -0.130. The van der Waals surface area contributed by atoms with Gasteiger partial charge in [-0.05, 0) is 11.8 Å². The van der Waals surface area contributed by atoms with Gasteiger partial charge in [-0.2, -0.15) is 0 Å². The van der Waals surface area contributed by atoms with Gasteiger partial charge in [0.2, 0.25) is 5.91 Å². The van der Waals surface area contributed by atoms with E-state index in [4.69, 9.17) is 18.0 Å². The molecule has 0 bridgehead atoms. The number of nitrogens with two attached hydrogens (primary N) is 1. The van der Waals surface area contributed by atoms with Crippen LogP contribution in [0.15, 0.2) is 0 Å². The van der Waals surface area contributed by atoms with E-state index in [1.54, 1.807) is 0 Å². The molecule has 88 valence electrons. The van der Waals surface area contributed by atoms with E-state index in [0.29, 0.717) is 11.8 Å². The Kier molecular flexibility index (Phi) is 6.48. The van der Waals surface area contributed by atoms with Crippen molar-refractivity contribution < 1.29 is 4.79 Å². The zero-order valence-electron chi connectivity index (χ0n) is 10.1. The smallest absolute Gasteiger partial charge is 0.229 e. The highest BCUT2D eigenvalue weighted by Gasteiger charge is 2.16. The van der Waals surface area contributed by atoms with Gasteiger partial charge in [-0.1, -0.05) is 39.9 Å². The molecule has 0 saturated heterocycles. The summed E-state index contributed by atoms with van der Waals surface area (Å²) in [5, 5.41) is 0. The van der Waals surface area contributed by atoms with E-state index in [1.807, 2.05) is 4.90 Å². The SMILES string of the molecule is CC(C)CN(CC(C)C)C(=O)CC(N)=S. The lowest BCUT2D eigenvalue weighted by atomic mass is 10.1. The van der Waals surface area contributed by atoms with Gasteiger partial charge >= 0.3 is 0 Å². The Bertz CT molecular complexity index is 217. The highest BCUT2D eigenvalue weighted by Crippen LogP contribution is 2.05. The minimum Gasteiger partial charge on any atom is -0.393 e. The van der Waals surface area contributed by atoms with Gasteiger partial charge in [0.15, 0.2) is 0 Å². The van der Waals surface area contributed by atoms with Crippen LogP contribution < -0.4 is 5.73 Å². The number of rotatable bonds is 6. The van der Waals surface area contributed by atoms with Crippen molar-refractivity contribution in [3.8, 4) is 0 Å². The topological polar surface area (TPSA) is 46.3 Å². The Morgan fingerprint density at radius 2 is 1.60 bits per heavy atom. The monoisotopic (exact) mass is 230 g/mol. The third-order valence-electron chi connectivity index (χ3n) is 1.85. The Morgan fingerprint density at radius 3 is 1.87 bits per heavy atom. The molecule has 15 heavy (non-hydrogen) atoms. The van der Waals surface area contributed by atoms with E-state index in [-0.39, 0.29) is 17.3 Å². The molecule has 0 unspecified atom stereocenters. The average molecular weight is 230 g/mol. The fourth-order valence-electron chi connectivity index (χ4n) is 1.42. The number of amides is 1. The van der Waals surface area contributed by atoms with Crippen molar-refractivity contribution >= 4 is 23.1 Å². The molecule has 0 rings (SSSR count). The second kappa shape index (κ2) is 6.77. The molecule has 0 atom stereocenters. The second-order valence-corrected chi connectivity index (χ2v) is 5.25. The standard InChI is InChI=1S/C11H22N2OS/c1-8(2)6-13(7-9(3)4)11(14)5-10(12)15/h8-9H,5-7H2,1-4H3,(H2,12,15). The summed E-state index contributed by atoms with van der Waals surface area (Å²) in [5.41, 5.74) is 5.38. The molecular weight excluding hydrogens is 208 g/mol. The van der Waals surface area contributed by atoms with Crippen molar-refractivity contribution in [2.24, 2.45) is 17.6 Å². The number of nitrogens with zero attached hydrogens (tertiary/aromatic N) is 1. The van der Waals surface area contributed by atoms with Crippen molar-refractivity contribution in [2.75, 3.05) is 13.1 Å². The van der Waals surface area contributed by atoms with Crippen LogP contribution in [0.25, 0.3) is 0 Å². The lowest BCUT2D eigenvalue weighted by Crippen LogP contribution is -2.38. The fraction of sp³-hybridized carbons (Fsp3) is 0.818. The van der Waals surface area contributed by atoms with Crippen LogP contribution in [-0.2, 0) is 4.79 Å². The Labute approximate surface area is 98.0 Å². The minimum absolute atomic E-state index is 0.0462. The van der Waals surface area contributed by atoms with E-state index in [9.17, 15) is 4.79 Å². The Morgan fingerprint density at radius 1 is 1.20 bits per heavy atom. The molecule has 1 amide bonds. The van der Waals surface area contributed by atoms with Crippen LogP contribution in [0.5, 0.6) is 0 Å². The van der Waals surface area contributed by atoms with E-state index in [0.717, 1.165) is 13.1 Å². The van der Waals surface area contributed by atoms with Gasteiger partial charge < -0.3 is 10.6 Å². The summed E-state index contributed by atoms with van der Waals surface area (Å²) in [6.45, 7) is 9.95. The molecular formula is C11H22N2OS. The number of carbonyl (C=O) groups is 1. The van der Waals surface area contributed by atoms with Gasteiger partial charge in [-0.25, -0.2) is 0 Å². The maximum atomic E-state index is 11.8. The summed E-state index contributed by atoms with van der Waals surface area (Å²) in [5.74, 6) is 0.989. The van der Waals surface area contributed by atoms with E-state index < -0.39 is 0 Å². The summed E-state index contributed by atoms with van der Waals surface area (Å²) in [6.07, 6.45) is 0.189. The highest BCUT2D eigenvalue weighted by molar-refractivity contribution is 7.80. The van der Waals surface area contributed by atoms with Crippen LogP contribution in [-0.4, -0.2) is 28.9 Å². The molecule has 0 aromatic rings. The Hall–Kier alpha value is -0.640. The molecule has 2 N–H and O–H groups in total. The van der Waals surface area contributed by atoms with E-state index >= 15 is 0 Å². The normalized spacial score (nSPS) is 10.8. The van der Waals surface area contributed by atoms with E-state index in [2.05, 4.69) is 27.7 Å². The quantitative estimate of drug-likeness (QED) is 0.708. The molecule has 0 heterocycles. The molecule has 0 aliphatic rings. The number of hydrogen-bond acceptors (Lipinski definition) is 2. The first-order chi connectivity index (χ1) is 6.82. The molecule has 0 aliphatic carbocycles. The zero-order valence-corrected chi connectivity index (χ0v) is 10.9. The van der Waals surface area contributed by atoms with Crippen molar-refractivity contribution in [1.29, 1.82) is 0 Å². The van der Waals surface area contributed by atoms with Crippen LogP contribution >= 0.6 is 12.2 Å². The fourth-order valence-corrected chi connectivity index (χ4v) is 1.54. The lowest BCUT2D eigenvalue weighted by Gasteiger charge is -2.26. The highest BCUT2D eigenvalue weighted by atomic mass is 32.1. The third kappa shape index (κ3) is 7.31. The number of hydrogen-bond donors (Lipinski definition) is 1. The largest absolute Gasteiger partial charge is 0.393 e.